The fourth-order valence-electron chi connectivity index (χ4n) is 1.60. The highest BCUT2D eigenvalue weighted by molar-refractivity contribution is 6.04. The molecule has 2 aromatic heterocycles. The lowest BCUT2D eigenvalue weighted by molar-refractivity contribution is 0.102. The van der Waals surface area contributed by atoms with Gasteiger partial charge in [-0.15, -0.1) is 0 Å². The third-order valence-corrected chi connectivity index (χ3v) is 2.80. The van der Waals surface area contributed by atoms with E-state index in [0.717, 1.165) is 11.3 Å². The number of aromatic amines is 1. The Morgan fingerprint density at radius 1 is 1.53 bits per heavy atom. The number of aryl methyl sites for hydroxylation is 2. The summed E-state index contributed by atoms with van der Waals surface area (Å²) in [5, 5.41) is 9.63. The minimum atomic E-state index is -0.190. The molecule has 0 bridgehead atoms. The van der Waals surface area contributed by atoms with Crippen LogP contribution in [0.1, 0.15) is 34.3 Å². The number of amides is 1. The lowest BCUT2D eigenvalue weighted by Gasteiger charge is -2.02. The molecule has 0 aliphatic rings. The smallest absolute Gasteiger partial charge is 0.260 e. The fourth-order valence-corrected chi connectivity index (χ4v) is 1.60. The van der Waals surface area contributed by atoms with Crippen LogP contribution < -0.4 is 5.32 Å². The van der Waals surface area contributed by atoms with Crippen LogP contribution in [0.3, 0.4) is 0 Å². The molecule has 1 amide bonds. The van der Waals surface area contributed by atoms with E-state index >= 15 is 0 Å². The number of H-pyrrole nitrogens is 1. The molecule has 0 spiro atoms. The fraction of sp³-hybridized carbons (Fsp3) is 0.333. The van der Waals surface area contributed by atoms with Gasteiger partial charge in [0.05, 0.1) is 11.8 Å². The number of rotatable bonds is 3. The van der Waals surface area contributed by atoms with E-state index < -0.39 is 0 Å². The monoisotopic (exact) mass is 233 g/mol. The largest absolute Gasteiger partial charge is 0.469 e. The van der Waals surface area contributed by atoms with Gasteiger partial charge < -0.3 is 9.73 Å². The van der Waals surface area contributed by atoms with Crippen LogP contribution in [0.5, 0.6) is 0 Å². The average molecular weight is 233 g/mol. The summed E-state index contributed by atoms with van der Waals surface area (Å²) in [6.45, 7) is 5.76. The quantitative estimate of drug-likeness (QED) is 0.855. The highest BCUT2D eigenvalue weighted by Gasteiger charge is 2.15. The van der Waals surface area contributed by atoms with Crippen LogP contribution >= 0.6 is 0 Å². The van der Waals surface area contributed by atoms with Gasteiger partial charge in [-0.2, -0.15) is 5.10 Å². The Labute approximate surface area is 99.2 Å². The molecular weight excluding hydrogens is 218 g/mol. The van der Waals surface area contributed by atoms with Crippen molar-refractivity contribution in [1.29, 1.82) is 0 Å². The van der Waals surface area contributed by atoms with E-state index in [1.807, 2.05) is 20.8 Å². The third-order valence-electron chi connectivity index (χ3n) is 2.80. The molecule has 5 nitrogen and oxygen atoms in total. The van der Waals surface area contributed by atoms with E-state index in [9.17, 15) is 4.79 Å². The molecule has 0 radical (unpaired) electrons. The molecule has 2 N–H and O–H groups in total. The zero-order chi connectivity index (χ0) is 12.4. The van der Waals surface area contributed by atoms with Crippen molar-refractivity contribution in [3.8, 4) is 0 Å². The lowest BCUT2D eigenvalue weighted by atomic mass is 10.2. The van der Waals surface area contributed by atoms with Gasteiger partial charge in [0.2, 0.25) is 0 Å². The van der Waals surface area contributed by atoms with Crippen molar-refractivity contribution in [2.75, 3.05) is 5.32 Å². The first-order valence-corrected chi connectivity index (χ1v) is 5.52. The van der Waals surface area contributed by atoms with Gasteiger partial charge in [-0.3, -0.25) is 9.89 Å². The molecule has 2 aromatic rings. The Morgan fingerprint density at radius 2 is 2.29 bits per heavy atom. The molecule has 0 unspecified atom stereocenters. The first-order chi connectivity index (χ1) is 8.13. The first-order valence-electron chi connectivity index (χ1n) is 5.52. The van der Waals surface area contributed by atoms with E-state index in [0.29, 0.717) is 23.6 Å². The average Bonchev–Trinajstić information content (AvgIpc) is 2.90. The summed E-state index contributed by atoms with van der Waals surface area (Å²) in [5.74, 6) is 1.06. The third kappa shape index (κ3) is 2.08. The summed E-state index contributed by atoms with van der Waals surface area (Å²) in [4.78, 5) is 12.0. The molecule has 0 aliphatic heterocycles. The molecule has 0 fully saturated rings. The van der Waals surface area contributed by atoms with Crippen molar-refractivity contribution in [3.63, 3.8) is 0 Å². The molecule has 17 heavy (non-hydrogen) atoms. The Hall–Kier alpha value is -2.04. The van der Waals surface area contributed by atoms with E-state index in [1.165, 1.54) is 6.26 Å². The Balaban J connectivity index is 2.20. The van der Waals surface area contributed by atoms with Gasteiger partial charge in [0, 0.05) is 17.7 Å². The maximum Gasteiger partial charge on any atom is 0.260 e. The van der Waals surface area contributed by atoms with Gasteiger partial charge in [0.15, 0.2) is 5.82 Å². The molecular formula is C12H15N3O2. The highest BCUT2D eigenvalue weighted by Crippen LogP contribution is 2.17. The standard InChI is InChI=1S/C12H15N3O2/c1-4-10-9(5-6-17-10)12(16)13-11-7(2)8(3)14-15-11/h5-6H,4H2,1-3H3,(H2,13,14,15,16). The minimum Gasteiger partial charge on any atom is -0.469 e. The zero-order valence-electron chi connectivity index (χ0n) is 10.1. The lowest BCUT2D eigenvalue weighted by Crippen LogP contribution is -2.13. The van der Waals surface area contributed by atoms with Gasteiger partial charge in [-0.1, -0.05) is 6.92 Å². The second kappa shape index (κ2) is 4.45. The van der Waals surface area contributed by atoms with Crippen molar-refractivity contribution in [2.24, 2.45) is 0 Å². The van der Waals surface area contributed by atoms with Crippen LogP contribution in [0.2, 0.25) is 0 Å². The molecule has 5 heteroatoms. The summed E-state index contributed by atoms with van der Waals surface area (Å²) in [6, 6.07) is 1.67. The minimum absolute atomic E-state index is 0.190. The molecule has 0 atom stereocenters. The van der Waals surface area contributed by atoms with Gasteiger partial charge in [0.1, 0.15) is 5.76 Å². The first kappa shape index (κ1) is 11.4. The van der Waals surface area contributed by atoms with Crippen LogP contribution in [0.25, 0.3) is 0 Å². The van der Waals surface area contributed by atoms with Gasteiger partial charge in [-0.05, 0) is 19.9 Å². The van der Waals surface area contributed by atoms with E-state index in [2.05, 4.69) is 15.5 Å². The van der Waals surface area contributed by atoms with Crippen molar-refractivity contribution in [2.45, 2.75) is 27.2 Å². The molecule has 90 valence electrons. The van der Waals surface area contributed by atoms with Crippen molar-refractivity contribution >= 4 is 11.7 Å². The number of carbonyl (C=O) groups excluding carboxylic acids is 1. The topological polar surface area (TPSA) is 70.9 Å². The van der Waals surface area contributed by atoms with Crippen LogP contribution in [0, 0.1) is 13.8 Å². The maximum atomic E-state index is 12.0. The van der Waals surface area contributed by atoms with Crippen molar-refractivity contribution < 1.29 is 9.21 Å². The van der Waals surface area contributed by atoms with Gasteiger partial charge in [0.25, 0.3) is 5.91 Å². The normalized spacial score (nSPS) is 10.5. The molecule has 2 rings (SSSR count). The number of hydrogen-bond donors (Lipinski definition) is 2. The molecule has 0 aliphatic carbocycles. The summed E-state index contributed by atoms with van der Waals surface area (Å²) in [6.07, 6.45) is 2.21. The van der Waals surface area contributed by atoms with Gasteiger partial charge >= 0.3 is 0 Å². The van der Waals surface area contributed by atoms with E-state index in [-0.39, 0.29) is 5.91 Å². The number of nitrogens with one attached hydrogen (secondary N) is 2. The predicted molar refractivity (Wildman–Crippen MR) is 64.1 cm³/mol. The summed E-state index contributed by atoms with van der Waals surface area (Å²) in [7, 11) is 0. The second-order valence-electron chi connectivity index (χ2n) is 3.89. The Kier molecular flexibility index (Phi) is 2.99. The molecule has 0 aromatic carbocycles. The number of hydrogen-bond acceptors (Lipinski definition) is 3. The molecule has 0 saturated carbocycles. The summed E-state index contributed by atoms with van der Waals surface area (Å²) in [5.41, 5.74) is 2.45. The number of carbonyl (C=O) groups is 1. The van der Waals surface area contributed by atoms with E-state index in [4.69, 9.17) is 4.42 Å². The summed E-state index contributed by atoms with van der Waals surface area (Å²) < 4.78 is 5.22. The number of aromatic nitrogens is 2. The van der Waals surface area contributed by atoms with Gasteiger partial charge in [-0.25, -0.2) is 0 Å². The Morgan fingerprint density at radius 3 is 2.88 bits per heavy atom. The summed E-state index contributed by atoms with van der Waals surface area (Å²) >= 11 is 0. The zero-order valence-corrected chi connectivity index (χ0v) is 10.1. The van der Waals surface area contributed by atoms with Crippen LogP contribution in [-0.4, -0.2) is 16.1 Å². The molecule has 2 heterocycles. The van der Waals surface area contributed by atoms with Crippen LogP contribution in [0.4, 0.5) is 5.82 Å². The van der Waals surface area contributed by atoms with Crippen LogP contribution in [0.15, 0.2) is 16.7 Å². The number of nitrogens with zero attached hydrogens (tertiary/aromatic N) is 1. The number of anilines is 1. The van der Waals surface area contributed by atoms with Crippen molar-refractivity contribution in [1.82, 2.24) is 10.2 Å². The second-order valence-corrected chi connectivity index (χ2v) is 3.89. The van der Waals surface area contributed by atoms with E-state index in [1.54, 1.807) is 6.07 Å². The van der Waals surface area contributed by atoms with Crippen LogP contribution in [-0.2, 0) is 6.42 Å². The van der Waals surface area contributed by atoms with Crippen molar-refractivity contribution in [3.05, 3.63) is 34.9 Å². The Bertz CT molecular complexity index is 540. The highest BCUT2D eigenvalue weighted by atomic mass is 16.3. The SMILES string of the molecule is CCc1occc1C(=O)Nc1n[nH]c(C)c1C. The number of furan rings is 1. The maximum absolute atomic E-state index is 12.0. The predicted octanol–water partition coefficient (Wildman–Crippen LogP) is 2.43. The molecule has 0 saturated heterocycles.